The van der Waals surface area contributed by atoms with Crippen LogP contribution in [0.2, 0.25) is 0 Å². The summed E-state index contributed by atoms with van der Waals surface area (Å²) in [6.45, 7) is 1.87. The van der Waals surface area contributed by atoms with E-state index in [-0.39, 0.29) is 17.1 Å². The maximum absolute atomic E-state index is 12.2. The third-order valence-corrected chi connectivity index (χ3v) is 5.41. The number of rotatable bonds is 5. The lowest BCUT2D eigenvalue weighted by molar-refractivity contribution is -0.115. The SMILES string of the molecule is Cc1ccc(S(=O)(=O)CCC(=O)Nc2ccc3[nH]c(=O)oc3c2)cc1. The van der Waals surface area contributed by atoms with Gasteiger partial charge in [-0.3, -0.25) is 9.78 Å². The van der Waals surface area contributed by atoms with Gasteiger partial charge in [-0.15, -0.1) is 0 Å². The van der Waals surface area contributed by atoms with Crippen LogP contribution in [0.25, 0.3) is 11.1 Å². The summed E-state index contributed by atoms with van der Waals surface area (Å²) < 4.78 is 29.4. The minimum absolute atomic E-state index is 0.175. The monoisotopic (exact) mass is 360 g/mol. The molecule has 0 unspecified atom stereocenters. The molecule has 0 aliphatic rings. The second-order valence-corrected chi connectivity index (χ2v) is 7.76. The summed E-state index contributed by atoms with van der Waals surface area (Å²) in [5.41, 5.74) is 2.22. The highest BCUT2D eigenvalue weighted by Crippen LogP contribution is 2.17. The van der Waals surface area contributed by atoms with Crippen molar-refractivity contribution in [1.29, 1.82) is 0 Å². The summed E-state index contributed by atoms with van der Waals surface area (Å²) in [6.07, 6.45) is -0.175. The smallest absolute Gasteiger partial charge is 0.408 e. The van der Waals surface area contributed by atoms with Crippen molar-refractivity contribution in [2.75, 3.05) is 11.1 Å². The van der Waals surface area contributed by atoms with Crippen LogP contribution >= 0.6 is 0 Å². The van der Waals surface area contributed by atoms with Crippen molar-refractivity contribution >= 4 is 32.5 Å². The fourth-order valence-electron chi connectivity index (χ4n) is 2.34. The van der Waals surface area contributed by atoms with Crippen LogP contribution in [-0.2, 0) is 14.6 Å². The fourth-order valence-corrected chi connectivity index (χ4v) is 3.58. The van der Waals surface area contributed by atoms with Crippen LogP contribution in [0.5, 0.6) is 0 Å². The van der Waals surface area contributed by atoms with Crippen LogP contribution in [0.15, 0.2) is 56.6 Å². The topological polar surface area (TPSA) is 109 Å². The molecule has 1 aromatic heterocycles. The van der Waals surface area contributed by atoms with Crippen molar-refractivity contribution < 1.29 is 17.6 Å². The number of nitrogens with one attached hydrogen (secondary N) is 2. The zero-order valence-corrected chi connectivity index (χ0v) is 14.2. The molecule has 0 radical (unpaired) electrons. The van der Waals surface area contributed by atoms with E-state index in [9.17, 15) is 18.0 Å². The van der Waals surface area contributed by atoms with Gasteiger partial charge in [0, 0.05) is 18.2 Å². The minimum atomic E-state index is -3.52. The van der Waals surface area contributed by atoms with E-state index in [2.05, 4.69) is 10.3 Å². The van der Waals surface area contributed by atoms with Gasteiger partial charge < -0.3 is 9.73 Å². The number of H-pyrrole nitrogens is 1. The third-order valence-electron chi connectivity index (χ3n) is 3.68. The molecule has 0 bridgehead atoms. The molecule has 0 spiro atoms. The van der Waals surface area contributed by atoms with E-state index in [0.29, 0.717) is 16.8 Å². The number of sulfone groups is 1. The summed E-state index contributed by atoms with van der Waals surface area (Å²) in [4.78, 5) is 25.8. The molecule has 130 valence electrons. The maximum Gasteiger partial charge on any atom is 0.417 e. The van der Waals surface area contributed by atoms with Gasteiger partial charge in [-0.2, -0.15) is 0 Å². The van der Waals surface area contributed by atoms with E-state index in [1.165, 1.54) is 18.2 Å². The number of oxazole rings is 1. The maximum atomic E-state index is 12.2. The van der Waals surface area contributed by atoms with Gasteiger partial charge in [-0.05, 0) is 31.2 Å². The van der Waals surface area contributed by atoms with E-state index in [1.807, 2.05) is 6.92 Å². The Kier molecular flexibility index (Phi) is 4.45. The molecule has 0 fully saturated rings. The Hall–Kier alpha value is -2.87. The van der Waals surface area contributed by atoms with E-state index >= 15 is 0 Å². The van der Waals surface area contributed by atoms with Crippen molar-refractivity contribution in [3.05, 3.63) is 58.6 Å². The Balaban J connectivity index is 1.65. The van der Waals surface area contributed by atoms with E-state index in [1.54, 1.807) is 24.3 Å². The molecule has 3 rings (SSSR count). The summed E-state index contributed by atoms with van der Waals surface area (Å²) in [5.74, 6) is -1.31. The molecule has 2 N–H and O–H groups in total. The van der Waals surface area contributed by atoms with Gasteiger partial charge in [0.2, 0.25) is 5.91 Å². The molecular weight excluding hydrogens is 344 g/mol. The first-order valence-electron chi connectivity index (χ1n) is 7.56. The third kappa shape index (κ3) is 3.97. The number of hydrogen-bond acceptors (Lipinski definition) is 5. The van der Waals surface area contributed by atoms with Gasteiger partial charge in [0.25, 0.3) is 0 Å². The lowest BCUT2D eigenvalue weighted by Crippen LogP contribution is -2.17. The van der Waals surface area contributed by atoms with Crippen LogP contribution in [0.4, 0.5) is 5.69 Å². The highest BCUT2D eigenvalue weighted by atomic mass is 32.2. The highest BCUT2D eigenvalue weighted by molar-refractivity contribution is 7.91. The van der Waals surface area contributed by atoms with Crippen LogP contribution in [0, 0.1) is 6.92 Å². The van der Waals surface area contributed by atoms with Crippen LogP contribution in [-0.4, -0.2) is 25.1 Å². The Labute approximate surface area is 143 Å². The number of benzene rings is 2. The number of carbonyl (C=O) groups excluding carboxylic acids is 1. The standard InChI is InChI=1S/C17H16N2O5S/c1-11-2-5-13(6-3-11)25(22,23)9-8-16(20)18-12-4-7-14-15(10-12)24-17(21)19-14/h2-7,10H,8-9H2,1H3,(H,18,20)(H,19,21). The molecule has 1 heterocycles. The molecule has 2 aromatic carbocycles. The minimum Gasteiger partial charge on any atom is -0.408 e. The number of aryl methyl sites for hydroxylation is 1. The zero-order valence-electron chi connectivity index (χ0n) is 13.4. The molecular formula is C17H16N2O5S. The Bertz CT molecular complexity index is 1080. The van der Waals surface area contributed by atoms with Gasteiger partial charge in [0.1, 0.15) is 0 Å². The lowest BCUT2D eigenvalue weighted by Gasteiger charge is -2.06. The van der Waals surface area contributed by atoms with E-state index in [4.69, 9.17) is 4.42 Å². The van der Waals surface area contributed by atoms with Crippen LogP contribution in [0.3, 0.4) is 0 Å². The number of aromatic nitrogens is 1. The van der Waals surface area contributed by atoms with Gasteiger partial charge >= 0.3 is 5.76 Å². The van der Waals surface area contributed by atoms with Gasteiger partial charge in [0.15, 0.2) is 15.4 Å². The first-order valence-corrected chi connectivity index (χ1v) is 9.21. The molecule has 8 heteroatoms. The van der Waals surface area contributed by atoms with Crippen molar-refractivity contribution in [2.45, 2.75) is 18.2 Å². The number of hydrogen-bond donors (Lipinski definition) is 2. The lowest BCUT2D eigenvalue weighted by atomic mass is 10.2. The summed E-state index contributed by atoms with van der Waals surface area (Å²) in [7, 11) is -3.52. The number of amides is 1. The Morgan fingerprint density at radius 2 is 1.88 bits per heavy atom. The first-order chi connectivity index (χ1) is 11.8. The Morgan fingerprint density at radius 1 is 1.16 bits per heavy atom. The van der Waals surface area contributed by atoms with Crippen molar-refractivity contribution in [2.24, 2.45) is 0 Å². The van der Waals surface area contributed by atoms with E-state index < -0.39 is 21.5 Å². The predicted octanol–water partition coefficient (Wildman–Crippen LogP) is 2.23. The second kappa shape index (κ2) is 6.56. The van der Waals surface area contributed by atoms with Gasteiger partial charge in [-0.25, -0.2) is 13.2 Å². The second-order valence-electron chi connectivity index (χ2n) is 5.66. The molecule has 0 aliphatic heterocycles. The van der Waals surface area contributed by atoms with Crippen LogP contribution < -0.4 is 11.1 Å². The largest absolute Gasteiger partial charge is 0.417 e. The molecule has 3 aromatic rings. The summed E-state index contributed by atoms with van der Waals surface area (Å²) in [5, 5.41) is 2.60. The first kappa shape index (κ1) is 17.0. The average molecular weight is 360 g/mol. The number of aromatic amines is 1. The average Bonchev–Trinajstić information content (AvgIpc) is 2.93. The molecule has 7 nitrogen and oxygen atoms in total. The summed E-state index contributed by atoms with van der Waals surface area (Å²) >= 11 is 0. The fraction of sp³-hybridized carbons (Fsp3) is 0.176. The van der Waals surface area contributed by atoms with Crippen molar-refractivity contribution in [1.82, 2.24) is 4.98 Å². The molecule has 25 heavy (non-hydrogen) atoms. The Morgan fingerprint density at radius 3 is 2.60 bits per heavy atom. The molecule has 0 atom stereocenters. The molecule has 0 saturated heterocycles. The van der Waals surface area contributed by atoms with E-state index in [0.717, 1.165) is 5.56 Å². The molecule has 1 amide bonds. The molecule has 0 saturated carbocycles. The molecule has 0 aliphatic carbocycles. The normalized spacial score (nSPS) is 11.6. The van der Waals surface area contributed by atoms with Crippen molar-refractivity contribution in [3.8, 4) is 0 Å². The number of fused-ring (bicyclic) bond motifs is 1. The zero-order chi connectivity index (χ0) is 18.0. The van der Waals surface area contributed by atoms with Gasteiger partial charge in [-0.1, -0.05) is 17.7 Å². The van der Waals surface area contributed by atoms with Crippen molar-refractivity contribution in [3.63, 3.8) is 0 Å². The highest BCUT2D eigenvalue weighted by Gasteiger charge is 2.16. The predicted molar refractivity (Wildman–Crippen MR) is 93.3 cm³/mol. The van der Waals surface area contributed by atoms with Crippen LogP contribution in [0.1, 0.15) is 12.0 Å². The van der Waals surface area contributed by atoms with Gasteiger partial charge in [0.05, 0.1) is 16.2 Å². The number of carbonyl (C=O) groups is 1. The number of anilines is 1. The summed E-state index contributed by atoms with van der Waals surface area (Å²) in [6, 6.07) is 11.2. The quantitative estimate of drug-likeness (QED) is 0.725.